The van der Waals surface area contributed by atoms with Crippen molar-refractivity contribution in [2.24, 2.45) is 0 Å². The van der Waals surface area contributed by atoms with E-state index in [0.29, 0.717) is 37.7 Å². The highest BCUT2D eigenvalue weighted by Gasteiger charge is 2.15. The number of benzene rings is 2. The Hall–Kier alpha value is -3.10. The Morgan fingerprint density at radius 2 is 1.12 bits per heavy atom. The van der Waals surface area contributed by atoms with Gasteiger partial charge >= 0.3 is 0 Å². The smallest absolute Gasteiger partial charge is 0.260 e. The van der Waals surface area contributed by atoms with Gasteiger partial charge in [0.15, 0.2) is 13.2 Å². The Labute approximate surface area is 195 Å². The summed E-state index contributed by atoms with van der Waals surface area (Å²) >= 11 is 0. The highest BCUT2D eigenvalue weighted by atomic mass is 16.5. The third kappa shape index (κ3) is 7.76. The Balaban J connectivity index is 1.66. The number of hydrogen-bond donors (Lipinski definition) is 2. The van der Waals surface area contributed by atoms with Gasteiger partial charge in [-0.15, -0.1) is 0 Å². The predicted molar refractivity (Wildman–Crippen MR) is 127 cm³/mol. The van der Waals surface area contributed by atoms with Crippen LogP contribution in [-0.2, 0) is 22.7 Å². The number of hydrogen-bond acceptors (Lipinski definition) is 6. The number of carbonyl (C=O) groups excluding carboxylic acids is 2. The highest BCUT2D eigenvalue weighted by Crippen LogP contribution is 2.19. The fourth-order valence-corrected chi connectivity index (χ4v) is 3.41. The molecule has 0 saturated carbocycles. The van der Waals surface area contributed by atoms with E-state index in [1.165, 1.54) is 0 Å². The zero-order valence-corrected chi connectivity index (χ0v) is 19.5. The molecule has 0 bridgehead atoms. The van der Waals surface area contributed by atoms with Gasteiger partial charge in [-0.2, -0.15) is 0 Å². The molecule has 0 radical (unpaired) electrons. The lowest BCUT2D eigenvalue weighted by molar-refractivity contribution is -0.135. The molecule has 1 aliphatic heterocycles. The number of fused-ring (bicyclic) bond motifs is 2. The number of nitrogens with one attached hydrogen (secondary N) is 2. The van der Waals surface area contributed by atoms with E-state index in [1.807, 2.05) is 48.5 Å². The minimum atomic E-state index is -0.138. The molecule has 0 saturated heterocycles. The van der Waals surface area contributed by atoms with Crippen LogP contribution in [-0.4, -0.2) is 75.1 Å². The van der Waals surface area contributed by atoms with E-state index < -0.39 is 0 Å². The van der Waals surface area contributed by atoms with Gasteiger partial charge in [0.05, 0.1) is 0 Å². The molecule has 178 valence electrons. The summed E-state index contributed by atoms with van der Waals surface area (Å²) in [6, 6.07) is 15.5. The van der Waals surface area contributed by atoms with Gasteiger partial charge in [-0.3, -0.25) is 9.59 Å². The maximum atomic E-state index is 12.5. The van der Waals surface area contributed by atoms with Crippen LogP contribution in [0.15, 0.2) is 48.5 Å². The van der Waals surface area contributed by atoms with Crippen LogP contribution in [0.2, 0.25) is 0 Å². The average Bonchev–Trinajstić information content (AvgIpc) is 2.84. The van der Waals surface area contributed by atoms with Crippen molar-refractivity contribution in [3.8, 4) is 11.5 Å². The summed E-state index contributed by atoms with van der Waals surface area (Å²) in [5, 5.41) is 6.88. The third-order valence-electron chi connectivity index (χ3n) is 5.61. The van der Waals surface area contributed by atoms with Crippen molar-refractivity contribution in [2.75, 3.05) is 53.5 Å². The minimum Gasteiger partial charge on any atom is -0.483 e. The first-order valence-electron chi connectivity index (χ1n) is 11.4. The van der Waals surface area contributed by atoms with Crippen LogP contribution in [0.4, 0.5) is 0 Å². The minimum absolute atomic E-state index is 0.0466. The molecule has 8 nitrogen and oxygen atoms in total. The molecular formula is C25H34N4O4. The summed E-state index contributed by atoms with van der Waals surface area (Å²) < 4.78 is 11.6. The van der Waals surface area contributed by atoms with Crippen LogP contribution in [0.5, 0.6) is 11.5 Å². The number of amides is 2. The molecule has 3 rings (SSSR count). The molecule has 1 heterocycles. The molecule has 2 aromatic carbocycles. The van der Waals surface area contributed by atoms with Crippen LogP contribution >= 0.6 is 0 Å². The Morgan fingerprint density at radius 1 is 0.697 bits per heavy atom. The van der Waals surface area contributed by atoms with Crippen LogP contribution in [0.3, 0.4) is 0 Å². The van der Waals surface area contributed by atoms with E-state index in [2.05, 4.69) is 10.6 Å². The lowest BCUT2D eigenvalue weighted by Gasteiger charge is -2.23. The van der Waals surface area contributed by atoms with Gasteiger partial charge in [-0.25, -0.2) is 0 Å². The van der Waals surface area contributed by atoms with E-state index >= 15 is 0 Å². The van der Waals surface area contributed by atoms with Gasteiger partial charge in [-0.05, 0) is 31.6 Å². The molecule has 0 aromatic heterocycles. The molecule has 0 unspecified atom stereocenters. The summed E-state index contributed by atoms with van der Waals surface area (Å²) in [4.78, 5) is 28.2. The van der Waals surface area contributed by atoms with E-state index in [1.54, 1.807) is 23.9 Å². The molecule has 8 heteroatoms. The first kappa shape index (κ1) is 24.5. The lowest BCUT2D eigenvalue weighted by Crippen LogP contribution is -2.40. The third-order valence-corrected chi connectivity index (χ3v) is 5.61. The molecule has 2 aromatic rings. The number of likely N-dealkylation sites (N-methyl/N-ethyl adjacent to an activating group) is 2. The predicted octanol–water partition coefficient (Wildman–Crippen LogP) is 1.64. The highest BCUT2D eigenvalue weighted by molar-refractivity contribution is 5.78. The van der Waals surface area contributed by atoms with Gasteiger partial charge in [0.1, 0.15) is 11.5 Å². The number of nitrogens with zero attached hydrogens (tertiary/aromatic N) is 2. The van der Waals surface area contributed by atoms with Gasteiger partial charge < -0.3 is 29.9 Å². The van der Waals surface area contributed by atoms with Crippen molar-refractivity contribution in [3.63, 3.8) is 0 Å². The lowest BCUT2D eigenvalue weighted by atomic mass is 10.2. The van der Waals surface area contributed by atoms with E-state index in [9.17, 15) is 9.59 Å². The summed E-state index contributed by atoms with van der Waals surface area (Å²) in [7, 11) is 3.43. The maximum Gasteiger partial charge on any atom is 0.260 e. The SMILES string of the molecule is CN1CCN(C)C(=O)COc2ccccc2CNCCCNCc2ccccc2OCC1=O. The number of ether oxygens (including phenoxy) is 2. The monoisotopic (exact) mass is 454 g/mol. The molecule has 33 heavy (non-hydrogen) atoms. The number of carbonyl (C=O) groups is 2. The first-order chi connectivity index (χ1) is 16.0. The fourth-order valence-electron chi connectivity index (χ4n) is 3.41. The van der Waals surface area contributed by atoms with Crippen molar-refractivity contribution in [1.29, 1.82) is 0 Å². The van der Waals surface area contributed by atoms with Crippen LogP contribution < -0.4 is 20.1 Å². The zero-order valence-electron chi connectivity index (χ0n) is 19.5. The van der Waals surface area contributed by atoms with Crippen molar-refractivity contribution in [2.45, 2.75) is 19.5 Å². The second kappa shape index (κ2) is 12.8. The first-order valence-corrected chi connectivity index (χ1v) is 11.4. The molecule has 0 spiro atoms. The Bertz CT molecular complexity index is 847. The summed E-state index contributed by atoms with van der Waals surface area (Å²) in [5.41, 5.74) is 2.03. The van der Waals surface area contributed by atoms with Crippen molar-refractivity contribution >= 4 is 11.8 Å². The van der Waals surface area contributed by atoms with Crippen molar-refractivity contribution in [1.82, 2.24) is 20.4 Å². The standard InChI is InChI=1S/C25H34N4O4/c1-28-14-15-29(2)25(31)19-33-23-11-6-4-9-21(23)17-27-13-7-12-26-16-20-8-3-5-10-22(20)32-18-24(28)30/h3-6,8-11,26-27H,7,12-19H2,1-2H3. The summed E-state index contributed by atoms with van der Waals surface area (Å²) in [6.07, 6.45) is 0.957. The van der Waals surface area contributed by atoms with Crippen LogP contribution in [0.25, 0.3) is 0 Å². The van der Waals surface area contributed by atoms with Gasteiger partial charge in [0.2, 0.25) is 0 Å². The summed E-state index contributed by atoms with van der Waals surface area (Å²) in [5.74, 6) is 1.13. The van der Waals surface area contributed by atoms with Gasteiger partial charge in [-0.1, -0.05) is 36.4 Å². The zero-order chi connectivity index (χ0) is 23.5. The number of para-hydroxylation sites is 2. The van der Waals surface area contributed by atoms with E-state index in [0.717, 1.165) is 30.6 Å². The molecular weight excluding hydrogens is 420 g/mol. The molecule has 0 aliphatic carbocycles. The Morgan fingerprint density at radius 3 is 1.58 bits per heavy atom. The molecule has 2 amide bonds. The second-order valence-electron chi connectivity index (χ2n) is 8.13. The maximum absolute atomic E-state index is 12.5. The topological polar surface area (TPSA) is 83.1 Å². The summed E-state index contributed by atoms with van der Waals surface area (Å²) in [6.45, 7) is 3.77. The molecule has 0 atom stereocenters. The second-order valence-corrected chi connectivity index (χ2v) is 8.13. The Kier molecular flexibility index (Phi) is 9.53. The van der Waals surface area contributed by atoms with Gasteiger partial charge in [0.25, 0.3) is 11.8 Å². The van der Waals surface area contributed by atoms with Crippen molar-refractivity contribution < 1.29 is 19.1 Å². The quantitative estimate of drug-likeness (QED) is 0.630. The van der Waals surface area contributed by atoms with Crippen LogP contribution in [0, 0.1) is 0 Å². The van der Waals surface area contributed by atoms with Crippen LogP contribution in [0.1, 0.15) is 17.5 Å². The molecule has 1 aliphatic rings. The number of rotatable bonds is 0. The normalized spacial score (nSPS) is 17.8. The largest absolute Gasteiger partial charge is 0.483 e. The van der Waals surface area contributed by atoms with E-state index in [4.69, 9.17) is 9.47 Å². The fraction of sp³-hybridized carbons (Fsp3) is 0.440. The van der Waals surface area contributed by atoms with Gasteiger partial charge in [0, 0.05) is 51.4 Å². The molecule has 2 N–H and O–H groups in total. The van der Waals surface area contributed by atoms with E-state index in [-0.39, 0.29) is 25.0 Å². The average molecular weight is 455 g/mol. The van der Waals surface area contributed by atoms with Crippen molar-refractivity contribution in [3.05, 3.63) is 59.7 Å². The molecule has 0 fully saturated rings.